The van der Waals surface area contributed by atoms with Gasteiger partial charge in [0.05, 0.1) is 5.56 Å². The van der Waals surface area contributed by atoms with Gasteiger partial charge in [-0.1, -0.05) is 0 Å². The molecule has 1 aromatic heterocycles. The smallest absolute Gasteiger partial charge is 0.219 e. The molecule has 1 N–H and O–H groups in total. The summed E-state index contributed by atoms with van der Waals surface area (Å²) in [5, 5.41) is 11.7. The Morgan fingerprint density at radius 2 is 2.38 bits per heavy atom. The Hall–Kier alpha value is -2.09. The lowest BCUT2D eigenvalue weighted by atomic mass is 10.3. The molecule has 0 aromatic carbocycles. The topological polar surface area (TPSA) is 69.0 Å². The minimum Gasteiger partial charge on any atom is -0.368 e. The largest absolute Gasteiger partial charge is 0.368 e. The third-order valence-corrected chi connectivity index (χ3v) is 2.18. The summed E-state index contributed by atoms with van der Waals surface area (Å²) in [6.45, 7) is 2.78. The molecule has 16 heavy (non-hydrogen) atoms. The quantitative estimate of drug-likeness (QED) is 0.813. The highest BCUT2D eigenvalue weighted by molar-refractivity contribution is 5.72. The molecule has 0 saturated heterocycles. The number of anilines is 1. The van der Waals surface area contributed by atoms with Crippen LogP contribution < -0.4 is 5.32 Å². The van der Waals surface area contributed by atoms with E-state index in [1.165, 1.54) is 13.1 Å². The molecule has 0 unspecified atom stereocenters. The van der Waals surface area contributed by atoms with Crippen molar-refractivity contribution >= 4 is 11.7 Å². The first kappa shape index (κ1) is 12.0. The Labute approximate surface area is 94.7 Å². The molecule has 1 heterocycles. The van der Waals surface area contributed by atoms with E-state index in [1.54, 1.807) is 24.1 Å². The second-order valence-electron chi connectivity index (χ2n) is 3.41. The molecule has 0 bridgehead atoms. The second kappa shape index (κ2) is 5.71. The molecule has 1 aromatic rings. The first-order chi connectivity index (χ1) is 7.63. The van der Waals surface area contributed by atoms with Crippen molar-refractivity contribution in [2.24, 2.45) is 0 Å². The third-order valence-electron chi connectivity index (χ3n) is 2.18. The Bertz CT molecular complexity index is 393. The van der Waals surface area contributed by atoms with E-state index in [-0.39, 0.29) is 5.91 Å². The summed E-state index contributed by atoms with van der Waals surface area (Å²) in [5.41, 5.74) is 0.534. The monoisotopic (exact) mass is 218 g/mol. The molecule has 5 heteroatoms. The summed E-state index contributed by atoms with van der Waals surface area (Å²) in [7, 11) is 1.75. The van der Waals surface area contributed by atoms with Gasteiger partial charge in [0, 0.05) is 33.3 Å². The van der Waals surface area contributed by atoms with Crippen LogP contribution in [0.1, 0.15) is 12.5 Å². The Morgan fingerprint density at radius 1 is 1.62 bits per heavy atom. The number of nitriles is 1. The number of amides is 1. The minimum atomic E-state index is 0.0367. The van der Waals surface area contributed by atoms with E-state index in [4.69, 9.17) is 5.26 Å². The lowest BCUT2D eigenvalue weighted by molar-refractivity contribution is -0.127. The molecular formula is C11H14N4O. The Balaban J connectivity index is 2.38. The normalized spacial score (nSPS) is 9.31. The maximum atomic E-state index is 10.9. The van der Waals surface area contributed by atoms with Crippen molar-refractivity contribution in [2.75, 3.05) is 25.5 Å². The summed E-state index contributed by atoms with van der Waals surface area (Å²) in [4.78, 5) is 16.6. The summed E-state index contributed by atoms with van der Waals surface area (Å²) in [5.74, 6) is 0.741. The third kappa shape index (κ3) is 3.58. The molecule has 1 rings (SSSR count). The standard InChI is InChI=1S/C11H14N4O/c1-9(16)15(2)6-5-13-11-4-3-10(7-12)8-14-11/h3-4,8H,5-6H2,1-2H3,(H,13,14). The van der Waals surface area contributed by atoms with Crippen LogP contribution in [0.5, 0.6) is 0 Å². The fourth-order valence-corrected chi connectivity index (χ4v) is 1.07. The molecule has 0 radical (unpaired) electrons. The van der Waals surface area contributed by atoms with Crippen LogP contribution in [0.15, 0.2) is 18.3 Å². The average Bonchev–Trinajstić information content (AvgIpc) is 2.29. The van der Waals surface area contributed by atoms with E-state index in [2.05, 4.69) is 10.3 Å². The zero-order valence-corrected chi connectivity index (χ0v) is 9.40. The molecule has 0 spiro atoms. The molecule has 1 amide bonds. The van der Waals surface area contributed by atoms with Crippen molar-refractivity contribution in [1.82, 2.24) is 9.88 Å². The van der Waals surface area contributed by atoms with Crippen molar-refractivity contribution < 1.29 is 4.79 Å². The highest BCUT2D eigenvalue weighted by Crippen LogP contribution is 2.03. The Kier molecular flexibility index (Phi) is 4.28. The van der Waals surface area contributed by atoms with Gasteiger partial charge in [-0.25, -0.2) is 4.98 Å². The summed E-state index contributed by atoms with van der Waals surface area (Å²) >= 11 is 0. The van der Waals surface area contributed by atoms with Crippen molar-refractivity contribution in [3.63, 3.8) is 0 Å². The van der Waals surface area contributed by atoms with Crippen molar-refractivity contribution in [3.8, 4) is 6.07 Å². The van der Waals surface area contributed by atoms with Gasteiger partial charge in [-0.05, 0) is 12.1 Å². The molecule has 84 valence electrons. The number of carbonyl (C=O) groups is 1. The molecule has 0 aliphatic heterocycles. The van der Waals surface area contributed by atoms with Gasteiger partial charge in [-0.2, -0.15) is 5.26 Å². The second-order valence-corrected chi connectivity index (χ2v) is 3.41. The van der Waals surface area contributed by atoms with Gasteiger partial charge in [0.2, 0.25) is 5.91 Å². The highest BCUT2D eigenvalue weighted by Gasteiger charge is 2.01. The van der Waals surface area contributed by atoms with Gasteiger partial charge >= 0.3 is 0 Å². The van der Waals surface area contributed by atoms with Crippen molar-refractivity contribution in [1.29, 1.82) is 5.26 Å². The molecule has 0 fully saturated rings. The van der Waals surface area contributed by atoms with E-state index < -0.39 is 0 Å². The Morgan fingerprint density at radius 3 is 2.88 bits per heavy atom. The van der Waals surface area contributed by atoms with E-state index in [1.807, 2.05) is 6.07 Å². The van der Waals surface area contributed by atoms with Crippen LogP contribution >= 0.6 is 0 Å². The maximum Gasteiger partial charge on any atom is 0.219 e. The number of nitrogens with zero attached hydrogens (tertiary/aromatic N) is 3. The number of pyridine rings is 1. The number of hydrogen-bond donors (Lipinski definition) is 1. The van der Waals surface area contributed by atoms with E-state index in [0.717, 1.165) is 0 Å². The van der Waals surface area contributed by atoms with Crippen LogP contribution in [-0.2, 0) is 4.79 Å². The average molecular weight is 218 g/mol. The SMILES string of the molecule is CC(=O)N(C)CCNc1ccc(C#N)cn1. The van der Waals surface area contributed by atoms with E-state index in [9.17, 15) is 4.79 Å². The van der Waals surface area contributed by atoms with Crippen LogP contribution in [0.3, 0.4) is 0 Å². The first-order valence-electron chi connectivity index (χ1n) is 4.95. The van der Waals surface area contributed by atoms with Crippen LogP contribution in [-0.4, -0.2) is 35.9 Å². The van der Waals surface area contributed by atoms with Crippen LogP contribution in [0.25, 0.3) is 0 Å². The van der Waals surface area contributed by atoms with E-state index >= 15 is 0 Å². The molecule has 0 aliphatic rings. The fourth-order valence-electron chi connectivity index (χ4n) is 1.07. The van der Waals surface area contributed by atoms with Crippen LogP contribution in [0.4, 0.5) is 5.82 Å². The number of rotatable bonds is 4. The summed E-state index contributed by atoms with van der Waals surface area (Å²) in [6.07, 6.45) is 1.51. The molecule has 0 saturated carbocycles. The lowest BCUT2D eigenvalue weighted by Crippen LogP contribution is -2.29. The van der Waals surface area contributed by atoms with Gasteiger partial charge in [0.15, 0.2) is 0 Å². The van der Waals surface area contributed by atoms with Gasteiger partial charge in [0.25, 0.3) is 0 Å². The fraction of sp³-hybridized carbons (Fsp3) is 0.364. The van der Waals surface area contributed by atoms with Gasteiger partial charge in [-0.3, -0.25) is 4.79 Å². The lowest BCUT2D eigenvalue weighted by Gasteiger charge is -2.15. The number of aromatic nitrogens is 1. The molecule has 0 atom stereocenters. The highest BCUT2D eigenvalue weighted by atomic mass is 16.2. The zero-order valence-electron chi connectivity index (χ0n) is 9.40. The zero-order chi connectivity index (χ0) is 12.0. The van der Waals surface area contributed by atoms with Crippen molar-refractivity contribution in [3.05, 3.63) is 23.9 Å². The van der Waals surface area contributed by atoms with Crippen LogP contribution in [0.2, 0.25) is 0 Å². The first-order valence-corrected chi connectivity index (χ1v) is 4.95. The number of likely N-dealkylation sites (N-methyl/N-ethyl adjacent to an activating group) is 1. The summed E-state index contributed by atoms with van der Waals surface area (Å²) < 4.78 is 0. The van der Waals surface area contributed by atoms with Gasteiger partial charge in [0.1, 0.15) is 11.9 Å². The molecule has 0 aliphatic carbocycles. The minimum absolute atomic E-state index is 0.0367. The predicted molar refractivity (Wildman–Crippen MR) is 60.8 cm³/mol. The van der Waals surface area contributed by atoms with E-state index in [0.29, 0.717) is 24.5 Å². The predicted octanol–water partition coefficient (Wildman–Crippen LogP) is 0.843. The van der Waals surface area contributed by atoms with Gasteiger partial charge in [-0.15, -0.1) is 0 Å². The number of nitrogens with one attached hydrogen (secondary N) is 1. The molecule has 5 nitrogen and oxygen atoms in total. The molecular weight excluding hydrogens is 204 g/mol. The van der Waals surface area contributed by atoms with Gasteiger partial charge < -0.3 is 10.2 Å². The van der Waals surface area contributed by atoms with Crippen LogP contribution in [0, 0.1) is 11.3 Å². The number of hydrogen-bond acceptors (Lipinski definition) is 4. The summed E-state index contributed by atoms with van der Waals surface area (Å²) in [6, 6.07) is 5.44. The number of carbonyl (C=O) groups excluding carboxylic acids is 1. The maximum absolute atomic E-state index is 10.9. The van der Waals surface area contributed by atoms with Crippen molar-refractivity contribution in [2.45, 2.75) is 6.92 Å².